The Bertz CT molecular complexity index is 725. The number of urea groups is 1. The van der Waals surface area contributed by atoms with Gasteiger partial charge in [0.1, 0.15) is 0 Å². The molecular formula is C22H28BrN3O. The highest BCUT2D eigenvalue weighted by Crippen LogP contribution is 2.37. The molecule has 2 aromatic rings. The second kappa shape index (κ2) is 9.38. The third-order valence-electron chi connectivity index (χ3n) is 5.35. The number of halogens is 1. The van der Waals surface area contributed by atoms with Crippen molar-refractivity contribution in [2.45, 2.75) is 37.8 Å². The van der Waals surface area contributed by atoms with Crippen LogP contribution in [0.2, 0.25) is 0 Å². The van der Waals surface area contributed by atoms with E-state index in [1.807, 2.05) is 24.3 Å². The van der Waals surface area contributed by atoms with Crippen molar-refractivity contribution in [3.8, 4) is 0 Å². The van der Waals surface area contributed by atoms with Crippen molar-refractivity contribution in [2.75, 3.05) is 19.4 Å². The van der Waals surface area contributed by atoms with Gasteiger partial charge in [-0.2, -0.15) is 0 Å². The molecule has 0 saturated heterocycles. The zero-order chi connectivity index (χ0) is 19.2. The van der Waals surface area contributed by atoms with Gasteiger partial charge in [-0.25, -0.2) is 4.79 Å². The standard InChI is InChI=1S/C22H28BrN3O/c1-26(2)21(16-6-4-3-5-7-16)17-8-12-19(13-9-17)24-22(27)25-20-14-10-18(23)11-15-20/h3-7,10-11,14-15,17,19,21H,8-9,12-13H2,1-2H3,(H2,24,25,27). The second-order valence-corrected chi connectivity index (χ2v) is 8.45. The Balaban J connectivity index is 1.52. The number of anilines is 1. The summed E-state index contributed by atoms with van der Waals surface area (Å²) in [6.45, 7) is 0. The minimum atomic E-state index is -0.118. The Hall–Kier alpha value is -1.85. The summed E-state index contributed by atoms with van der Waals surface area (Å²) in [6.07, 6.45) is 4.30. The molecule has 1 aliphatic rings. The maximum Gasteiger partial charge on any atom is 0.319 e. The molecule has 5 heteroatoms. The second-order valence-electron chi connectivity index (χ2n) is 7.54. The largest absolute Gasteiger partial charge is 0.335 e. The molecule has 0 radical (unpaired) electrons. The zero-order valence-corrected chi connectivity index (χ0v) is 17.6. The van der Waals surface area contributed by atoms with Crippen molar-refractivity contribution >= 4 is 27.6 Å². The van der Waals surface area contributed by atoms with Gasteiger partial charge in [-0.3, -0.25) is 0 Å². The van der Waals surface area contributed by atoms with Crippen LogP contribution in [-0.4, -0.2) is 31.1 Å². The van der Waals surface area contributed by atoms with Crippen LogP contribution >= 0.6 is 15.9 Å². The molecule has 144 valence electrons. The maximum atomic E-state index is 12.3. The number of nitrogens with one attached hydrogen (secondary N) is 2. The summed E-state index contributed by atoms with van der Waals surface area (Å²) in [5, 5.41) is 6.05. The van der Waals surface area contributed by atoms with Crippen molar-refractivity contribution in [2.24, 2.45) is 5.92 Å². The van der Waals surface area contributed by atoms with Gasteiger partial charge in [0.2, 0.25) is 0 Å². The quantitative estimate of drug-likeness (QED) is 0.664. The van der Waals surface area contributed by atoms with E-state index < -0.39 is 0 Å². The van der Waals surface area contributed by atoms with Crippen LogP contribution in [0.3, 0.4) is 0 Å². The number of benzene rings is 2. The SMILES string of the molecule is CN(C)C(c1ccccc1)C1CCC(NC(=O)Nc2ccc(Br)cc2)CC1. The minimum Gasteiger partial charge on any atom is -0.335 e. The molecule has 2 aromatic carbocycles. The van der Waals surface area contributed by atoms with Crippen LogP contribution in [0, 0.1) is 5.92 Å². The van der Waals surface area contributed by atoms with E-state index in [9.17, 15) is 4.79 Å². The molecule has 0 heterocycles. The fourth-order valence-electron chi connectivity index (χ4n) is 4.11. The number of amides is 2. The first kappa shape index (κ1) is 19.9. The number of carbonyl (C=O) groups is 1. The summed E-state index contributed by atoms with van der Waals surface area (Å²) in [7, 11) is 4.32. The molecule has 27 heavy (non-hydrogen) atoms. The number of rotatable bonds is 5. The third-order valence-corrected chi connectivity index (χ3v) is 5.88. The van der Waals surface area contributed by atoms with E-state index in [-0.39, 0.29) is 12.1 Å². The summed E-state index contributed by atoms with van der Waals surface area (Å²) in [6, 6.07) is 18.9. The predicted octanol–water partition coefficient (Wildman–Crippen LogP) is 5.43. The van der Waals surface area contributed by atoms with Crippen molar-refractivity contribution in [1.82, 2.24) is 10.2 Å². The predicted molar refractivity (Wildman–Crippen MR) is 115 cm³/mol. The van der Waals surface area contributed by atoms with Crippen LogP contribution in [0.25, 0.3) is 0 Å². The summed E-state index contributed by atoms with van der Waals surface area (Å²) in [4.78, 5) is 14.6. The number of hydrogen-bond acceptors (Lipinski definition) is 2. The molecule has 0 bridgehead atoms. The normalized spacial score (nSPS) is 20.9. The lowest BCUT2D eigenvalue weighted by Crippen LogP contribution is -2.41. The van der Waals surface area contributed by atoms with Gasteiger partial charge < -0.3 is 15.5 Å². The number of nitrogens with zero attached hydrogens (tertiary/aromatic N) is 1. The summed E-state index contributed by atoms with van der Waals surface area (Å²) in [5.41, 5.74) is 2.19. The van der Waals surface area contributed by atoms with E-state index in [2.05, 4.69) is 75.9 Å². The van der Waals surface area contributed by atoms with Crippen molar-refractivity contribution in [3.05, 3.63) is 64.6 Å². The smallest absolute Gasteiger partial charge is 0.319 e. The van der Waals surface area contributed by atoms with Gasteiger partial charge >= 0.3 is 6.03 Å². The molecule has 1 saturated carbocycles. The monoisotopic (exact) mass is 429 g/mol. The third kappa shape index (κ3) is 5.56. The van der Waals surface area contributed by atoms with Gasteiger partial charge in [-0.1, -0.05) is 46.3 Å². The highest BCUT2D eigenvalue weighted by molar-refractivity contribution is 9.10. The minimum absolute atomic E-state index is 0.118. The Kier molecular flexibility index (Phi) is 6.91. The molecule has 1 atom stereocenters. The highest BCUT2D eigenvalue weighted by Gasteiger charge is 2.30. The first-order valence-corrected chi connectivity index (χ1v) is 10.4. The van der Waals surface area contributed by atoms with E-state index in [4.69, 9.17) is 0 Å². The maximum absolute atomic E-state index is 12.3. The van der Waals surface area contributed by atoms with Crippen LogP contribution in [-0.2, 0) is 0 Å². The summed E-state index contributed by atoms with van der Waals surface area (Å²) >= 11 is 3.40. The zero-order valence-electron chi connectivity index (χ0n) is 16.0. The molecule has 1 unspecified atom stereocenters. The van der Waals surface area contributed by atoms with Crippen molar-refractivity contribution < 1.29 is 4.79 Å². The van der Waals surface area contributed by atoms with Gasteiger partial charge in [0.05, 0.1) is 0 Å². The average Bonchev–Trinajstić information content (AvgIpc) is 2.66. The summed E-state index contributed by atoms with van der Waals surface area (Å²) < 4.78 is 1.00. The molecule has 1 fully saturated rings. The van der Waals surface area contributed by atoms with Crippen LogP contribution < -0.4 is 10.6 Å². The van der Waals surface area contributed by atoms with E-state index in [0.717, 1.165) is 35.8 Å². The molecule has 0 spiro atoms. The van der Waals surface area contributed by atoms with Gasteiger partial charge in [0.15, 0.2) is 0 Å². The Morgan fingerprint density at radius 2 is 1.63 bits per heavy atom. The number of hydrogen-bond donors (Lipinski definition) is 2. The van der Waals surface area contributed by atoms with E-state index in [1.54, 1.807) is 0 Å². The van der Waals surface area contributed by atoms with E-state index >= 15 is 0 Å². The van der Waals surface area contributed by atoms with Crippen molar-refractivity contribution in [1.29, 1.82) is 0 Å². The Labute approximate surface area is 170 Å². The molecule has 2 N–H and O–H groups in total. The fraction of sp³-hybridized carbons (Fsp3) is 0.409. The van der Waals surface area contributed by atoms with Crippen LogP contribution in [0.5, 0.6) is 0 Å². The molecular weight excluding hydrogens is 402 g/mol. The Morgan fingerprint density at radius 3 is 2.22 bits per heavy atom. The van der Waals surface area contributed by atoms with Crippen molar-refractivity contribution in [3.63, 3.8) is 0 Å². The molecule has 4 nitrogen and oxygen atoms in total. The van der Waals surface area contributed by atoms with Crippen LogP contribution in [0.1, 0.15) is 37.3 Å². The van der Waals surface area contributed by atoms with E-state index in [1.165, 1.54) is 5.56 Å². The Morgan fingerprint density at radius 1 is 1.00 bits per heavy atom. The molecule has 3 rings (SSSR count). The first-order valence-electron chi connectivity index (χ1n) is 9.57. The fourth-order valence-corrected chi connectivity index (χ4v) is 4.37. The molecule has 0 aliphatic heterocycles. The molecule has 2 amide bonds. The average molecular weight is 430 g/mol. The highest BCUT2D eigenvalue weighted by atomic mass is 79.9. The van der Waals surface area contributed by atoms with Gasteiger partial charge in [-0.05, 0) is 75.5 Å². The molecule has 1 aliphatic carbocycles. The lowest BCUT2D eigenvalue weighted by Gasteiger charge is -2.37. The first-order chi connectivity index (χ1) is 13.0. The van der Waals surface area contributed by atoms with E-state index in [0.29, 0.717) is 12.0 Å². The van der Waals surface area contributed by atoms with Crippen LogP contribution in [0.4, 0.5) is 10.5 Å². The van der Waals surface area contributed by atoms with Gasteiger partial charge in [-0.15, -0.1) is 0 Å². The number of carbonyl (C=O) groups excluding carboxylic acids is 1. The summed E-state index contributed by atoms with van der Waals surface area (Å²) in [5.74, 6) is 0.620. The van der Waals surface area contributed by atoms with Crippen LogP contribution in [0.15, 0.2) is 59.1 Å². The molecule has 0 aromatic heterocycles. The lowest BCUT2D eigenvalue weighted by molar-refractivity contribution is 0.158. The van der Waals surface area contributed by atoms with Gasteiger partial charge in [0, 0.05) is 22.2 Å². The lowest BCUT2D eigenvalue weighted by atomic mass is 9.79. The van der Waals surface area contributed by atoms with Gasteiger partial charge in [0.25, 0.3) is 0 Å². The topological polar surface area (TPSA) is 44.4 Å².